The zero-order chi connectivity index (χ0) is 12.7. The number of hydrogen-bond donors (Lipinski definition) is 1. The van der Waals surface area contributed by atoms with E-state index in [0.29, 0.717) is 17.6 Å². The first kappa shape index (κ1) is 14.9. The van der Waals surface area contributed by atoms with Gasteiger partial charge in [0.25, 0.3) is 0 Å². The van der Waals surface area contributed by atoms with Crippen LogP contribution in [0, 0.1) is 5.41 Å². The molecule has 0 spiro atoms. The average molecular weight is 243 g/mol. The maximum atomic E-state index is 5.96. The van der Waals surface area contributed by atoms with Crippen LogP contribution < -0.4 is 5.32 Å². The van der Waals surface area contributed by atoms with Crippen LogP contribution in [0.1, 0.15) is 47.0 Å². The topological polar surface area (TPSA) is 30.5 Å². The van der Waals surface area contributed by atoms with E-state index >= 15 is 0 Å². The Bertz CT molecular complexity index is 206. The Kier molecular flexibility index (Phi) is 6.45. The van der Waals surface area contributed by atoms with Crippen LogP contribution in [0.25, 0.3) is 0 Å². The van der Waals surface area contributed by atoms with Crippen molar-refractivity contribution >= 4 is 0 Å². The van der Waals surface area contributed by atoms with E-state index in [1.807, 2.05) is 0 Å². The quantitative estimate of drug-likeness (QED) is 0.665. The van der Waals surface area contributed by atoms with E-state index < -0.39 is 0 Å². The molecule has 0 saturated heterocycles. The molecule has 0 aromatic rings. The van der Waals surface area contributed by atoms with Crippen molar-refractivity contribution in [2.24, 2.45) is 5.41 Å². The maximum absolute atomic E-state index is 5.96. The molecule has 1 N–H and O–H groups in total. The molecule has 3 heteroatoms. The largest absolute Gasteiger partial charge is 0.379 e. The molecular formula is C14H29NO2. The minimum Gasteiger partial charge on any atom is -0.379 e. The fourth-order valence-corrected chi connectivity index (χ4v) is 2.65. The van der Waals surface area contributed by atoms with Crippen LogP contribution in [0.4, 0.5) is 0 Å². The second-order valence-corrected chi connectivity index (χ2v) is 5.58. The van der Waals surface area contributed by atoms with Gasteiger partial charge in [0.2, 0.25) is 0 Å². The van der Waals surface area contributed by atoms with E-state index in [1.54, 1.807) is 0 Å². The van der Waals surface area contributed by atoms with E-state index in [9.17, 15) is 0 Å². The Labute approximate surface area is 106 Å². The van der Waals surface area contributed by atoms with Gasteiger partial charge in [-0.05, 0) is 31.2 Å². The Morgan fingerprint density at radius 3 is 2.59 bits per heavy atom. The summed E-state index contributed by atoms with van der Waals surface area (Å²) in [5, 5.41) is 3.57. The molecule has 0 aromatic heterocycles. The van der Waals surface area contributed by atoms with Gasteiger partial charge in [-0.25, -0.2) is 0 Å². The summed E-state index contributed by atoms with van der Waals surface area (Å²) in [6, 6.07) is 0.485. The van der Waals surface area contributed by atoms with Crippen molar-refractivity contribution in [3.8, 4) is 0 Å². The van der Waals surface area contributed by atoms with E-state index in [1.165, 1.54) is 12.8 Å². The number of hydrogen-bond acceptors (Lipinski definition) is 3. The molecule has 102 valence electrons. The van der Waals surface area contributed by atoms with E-state index in [0.717, 1.165) is 32.8 Å². The van der Waals surface area contributed by atoms with Crippen LogP contribution in [0.2, 0.25) is 0 Å². The molecule has 0 radical (unpaired) electrons. The van der Waals surface area contributed by atoms with Crippen molar-refractivity contribution in [2.75, 3.05) is 26.4 Å². The molecule has 0 aliphatic heterocycles. The van der Waals surface area contributed by atoms with Crippen molar-refractivity contribution in [1.29, 1.82) is 0 Å². The molecule has 3 nitrogen and oxygen atoms in total. The molecule has 1 aliphatic rings. The predicted octanol–water partition coefficient (Wildman–Crippen LogP) is 2.60. The van der Waals surface area contributed by atoms with Gasteiger partial charge in [0.1, 0.15) is 0 Å². The highest BCUT2D eigenvalue weighted by Gasteiger charge is 2.41. The number of likely N-dealkylation sites (N-methyl/N-ethyl adjacent to an activating group) is 1. The maximum Gasteiger partial charge on any atom is 0.0734 e. The lowest BCUT2D eigenvalue weighted by atomic mass is 9.87. The molecule has 2 unspecified atom stereocenters. The lowest BCUT2D eigenvalue weighted by molar-refractivity contribution is -0.00998. The van der Waals surface area contributed by atoms with Gasteiger partial charge in [-0.15, -0.1) is 0 Å². The molecule has 17 heavy (non-hydrogen) atoms. The third-order valence-corrected chi connectivity index (χ3v) is 3.62. The normalized spacial score (nSPS) is 27.5. The molecule has 1 rings (SSSR count). The highest BCUT2D eigenvalue weighted by Crippen LogP contribution is 2.38. The molecule has 0 aromatic carbocycles. The first-order chi connectivity index (χ1) is 8.11. The summed E-state index contributed by atoms with van der Waals surface area (Å²) in [5.74, 6) is 0. The Morgan fingerprint density at radius 1 is 1.18 bits per heavy atom. The van der Waals surface area contributed by atoms with Crippen LogP contribution in [-0.4, -0.2) is 38.5 Å². The van der Waals surface area contributed by atoms with E-state index in [-0.39, 0.29) is 0 Å². The second-order valence-electron chi connectivity index (χ2n) is 5.58. The van der Waals surface area contributed by atoms with Crippen LogP contribution in [0.15, 0.2) is 0 Å². The molecule has 0 heterocycles. The zero-order valence-electron chi connectivity index (χ0n) is 11.9. The first-order valence-electron chi connectivity index (χ1n) is 7.04. The number of ether oxygens (including phenoxy) is 2. The Balaban J connectivity index is 2.27. The van der Waals surface area contributed by atoms with Gasteiger partial charge in [-0.2, -0.15) is 0 Å². The van der Waals surface area contributed by atoms with Gasteiger partial charge in [0.15, 0.2) is 0 Å². The van der Waals surface area contributed by atoms with E-state index in [4.69, 9.17) is 9.47 Å². The van der Waals surface area contributed by atoms with Gasteiger partial charge < -0.3 is 14.8 Å². The summed E-state index contributed by atoms with van der Waals surface area (Å²) in [5.41, 5.74) is 0.352. The second kappa shape index (κ2) is 7.34. The lowest BCUT2D eigenvalue weighted by Gasteiger charge is -2.31. The van der Waals surface area contributed by atoms with Gasteiger partial charge in [0, 0.05) is 12.6 Å². The van der Waals surface area contributed by atoms with Gasteiger partial charge in [-0.1, -0.05) is 27.7 Å². The zero-order valence-corrected chi connectivity index (χ0v) is 11.9. The van der Waals surface area contributed by atoms with Crippen molar-refractivity contribution in [1.82, 2.24) is 5.32 Å². The molecule has 1 saturated carbocycles. The standard InChI is InChI=1S/C14H29NO2/c1-5-9-16-10-11-17-12-7-8-14(3,4)13(12)15-6-2/h12-13,15H,5-11H2,1-4H3. The fourth-order valence-electron chi connectivity index (χ4n) is 2.65. The predicted molar refractivity (Wildman–Crippen MR) is 71.3 cm³/mol. The summed E-state index contributed by atoms with van der Waals surface area (Å²) < 4.78 is 11.4. The van der Waals surface area contributed by atoms with E-state index in [2.05, 4.69) is 33.0 Å². The Morgan fingerprint density at radius 2 is 1.94 bits per heavy atom. The van der Waals surface area contributed by atoms with Crippen molar-refractivity contribution < 1.29 is 9.47 Å². The monoisotopic (exact) mass is 243 g/mol. The molecule has 0 amide bonds. The molecular weight excluding hydrogens is 214 g/mol. The third-order valence-electron chi connectivity index (χ3n) is 3.62. The number of rotatable bonds is 8. The third kappa shape index (κ3) is 4.57. The summed E-state index contributed by atoms with van der Waals surface area (Å²) in [6.45, 7) is 12.3. The number of nitrogens with one attached hydrogen (secondary N) is 1. The van der Waals surface area contributed by atoms with Gasteiger partial charge in [0.05, 0.1) is 19.3 Å². The molecule has 2 atom stereocenters. The molecule has 1 aliphatic carbocycles. The SMILES string of the molecule is CCCOCCOC1CCC(C)(C)C1NCC. The average Bonchev–Trinajstić information content (AvgIpc) is 2.56. The van der Waals surface area contributed by atoms with Crippen LogP contribution >= 0.6 is 0 Å². The van der Waals surface area contributed by atoms with Crippen LogP contribution in [-0.2, 0) is 9.47 Å². The fraction of sp³-hybridized carbons (Fsp3) is 1.00. The highest BCUT2D eigenvalue weighted by atomic mass is 16.5. The van der Waals surface area contributed by atoms with Crippen LogP contribution in [0.3, 0.4) is 0 Å². The van der Waals surface area contributed by atoms with Crippen LogP contribution in [0.5, 0.6) is 0 Å². The summed E-state index contributed by atoms with van der Waals surface area (Å²) in [6.07, 6.45) is 3.84. The Hall–Kier alpha value is -0.120. The minimum atomic E-state index is 0.352. The lowest BCUT2D eigenvalue weighted by Crippen LogP contribution is -2.45. The highest BCUT2D eigenvalue weighted by molar-refractivity contribution is 4.97. The van der Waals surface area contributed by atoms with Gasteiger partial charge >= 0.3 is 0 Å². The summed E-state index contributed by atoms with van der Waals surface area (Å²) >= 11 is 0. The van der Waals surface area contributed by atoms with Gasteiger partial charge in [-0.3, -0.25) is 0 Å². The first-order valence-corrected chi connectivity index (χ1v) is 7.04. The minimum absolute atomic E-state index is 0.352. The summed E-state index contributed by atoms with van der Waals surface area (Å²) in [7, 11) is 0. The van der Waals surface area contributed by atoms with Crippen molar-refractivity contribution in [3.63, 3.8) is 0 Å². The van der Waals surface area contributed by atoms with Crippen molar-refractivity contribution in [2.45, 2.75) is 59.1 Å². The molecule has 1 fully saturated rings. The smallest absolute Gasteiger partial charge is 0.0734 e. The van der Waals surface area contributed by atoms with Crippen molar-refractivity contribution in [3.05, 3.63) is 0 Å². The molecule has 0 bridgehead atoms. The summed E-state index contributed by atoms with van der Waals surface area (Å²) in [4.78, 5) is 0.